The van der Waals surface area contributed by atoms with E-state index in [9.17, 15) is 14.7 Å². The average molecular weight is 234 g/mol. The lowest BCUT2D eigenvalue weighted by Gasteiger charge is -2.25. The van der Waals surface area contributed by atoms with Gasteiger partial charge in [0.1, 0.15) is 11.3 Å². The Hall–Kier alpha value is -2.04. The van der Waals surface area contributed by atoms with Crippen LogP contribution in [-0.2, 0) is 10.3 Å². The van der Waals surface area contributed by atoms with Crippen LogP contribution < -0.4 is 5.32 Å². The third-order valence-corrected chi connectivity index (χ3v) is 3.16. The molecule has 1 atom stereocenters. The van der Waals surface area contributed by atoms with Gasteiger partial charge in [-0.25, -0.2) is 4.79 Å². The van der Waals surface area contributed by atoms with Gasteiger partial charge in [-0.15, -0.1) is 0 Å². The Kier molecular flexibility index (Phi) is 2.53. The molecule has 0 bridgehead atoms. The number of rotatable bonds is 2. The van der Waals surface area contributed by atoms with Crippen molar-refractivity contribution in [1.82, 2.24) is 10.2 Å². The molecule has 1 heterocycles. The molecule has 5 nitrogen and oxygen atoms in total. The third-order valence-electron chi connectivity index (χ3n) is 3.16. The molecule has 3 amide bonds. The van der Waals surface area contributed by atoms with Gasteiger partial charge in [-0.05, 0) is 24.1 Å². The standard InChI is InChI=1S/C12H14N2O3/c1-3-12(8-5-4-6-9(15)7-8)10(16)14(2)11(17)13-12/h4-7,15H,3H2,1-2H3,(H,13,17). The van der Waals surface area contributed by atoms with E-state index in [1.165, 1.54) is 19.2 Å². The molecule has 1 aromatic rings. The number of nitrogens with one attached hydrogen (secondary N) is 1. The number of phenolic OH excluding ortho intramolecular Hbond substituents is 1. The third kappa shape index (κ3) is 1.54. The predicted molar refractivity (Wildman–Crippen MR) is 61.4 cm³/mol. The summed E-state index contributed by atoms with van der Waals surface area (Å²) in [6.45, 7) is 1.82. The summed E-state index contributed by atoms with van der Waals surface area (Å²) < 4.78 is 0. The number of carbonyl (C=O) groups excluding carboxylic acids is 2. The van der Waals surface area contributed by atoms with Gasteiger partial charge < -0.3 is 10.4 Å². The van der Waals surface area contributed by atoms with Crippen molar-refractivity contribution in [2.75, 3.05) is 7.05 Å². The van der Waals surface area contributed by atoms with Gasteiger partial charge >= 0.3 is 6.03 Å². The van der Waals surface area contributed by atoms with Gasteiger partial charge in [0, 0.05) is 7.05 Å². The second-order valence-electron chi connectivity index (χ2n) is 4.10. The number of phenols is 1. The fourth-order valence-electron chi connectivity index (χ4n) is 2.11. The van der Waals surface area contributed by atoms with Crippen LogP contribution in [0.4, 0.5) is 4.79 Å². The maximum atomic E-state index is 12.1. The Morgan fingerprint density at radius 2 is 2.12 bits per heavy atom. The lowest BCUT2D eigenvalue weighted by Crippen LogP contribution is -2.43. The van der Waals surface area contributed by atoms with E-state index in [1.54, 1.807) is 12.1 Å². The van der Waals surface area contributed by atoms with Crippen molar-refractivity contribution in [2.24, 2.45) is 0 Å². The lowest BCUT2D eigenvalue weighted by atomic mass is 9.87. The molecule has 2 N–H and O–H groups in total. The van der Waals surface area contributed by atoms with E-state index >= 15 is 0 Å². The molecule has 90 valence electrons. The number of nitrogens with zero attached hydrogens (tertiary/aromatic N) is 1. The highest BCUT2D eigenvalue weighted by atomic mass is 16.3. The molecule has 0 aromatic heterocycles. The molecule has 1 aromatic carbocycles. The van der Waals surface area contributed by atoms with Gasteiger partial charge in [-0.3, -0.25) is 9.69 Å². The fourth-order valence-corrected chi connectivity index (χ4v) is 2.11. The monoisotopic (exact) mass is 234 g/mol. The Morgan fingerprint density at radius 3 is 2.59 bits per heavy atom. The second kappa shape index (κ2) is 3.76. The molecule has 0 aliphatic carbocycles. The normalized spacial score (nSPS) is 24.0. The molecule has 2 rings (SSSR count). The van der Waals surface area contributed by atoms with Gasteiger partial charge in [0.15, 0.2) is 0 Å². The molecular formula is C12H14N2O3. The minimum Gasteiger partial charge on any atom is -0.508 e. The first kappa shape index (κ1) is 11.4. The van der Waals surface area contributed by atoms with Crippen LogP contribution in [0.2, 0.25) is 0 Å². The first-order valence-electron chi connectivity index (χ1n) is 5.41. The number of hydrogen-bond donors (Lipinski definition) is 2. The zero-order valence-corrected chi connectivity index (χ0v) is 9.73. The smallest absolute Gasteiger partial charge is 0.325 e. The number of imide groups is 1. The van der Waals surface area contributed by atoms with Gasteiger partial charge in [-0.2, -0.15) is 0 Å². The molecule has 0 spiro atoms. The summed E-state index contributed by atoms with van der Waals surface area (Å²) in [6, 6.07) is 5.99. The van der Waals surface area contributed by atoms with Gasteiger partial charge in [0.05, 0.1) is 0 Å². The Balaban J connectivity index is 2.53. The number of benzene rings is 1. The lowest BCUT2D eigenvalue weighted by molar-refractivity contribution is -0.130. The minimum absolute atomic E-state index is 0.0759. The Morgan fingerprint density at radius 1 is 1.41 bits per heavy atom. The summed E-state index contributed by atoms with van der Waals surface area (Å²) in [4.78, 5) is 24.8. The zero-order chi connectivity index (χ0) is 12.6. The van der Waals surface area contributed by atoms with E-state index in [0.717, 1.165) is 4.90 Å². The molecular weight excluding hydrogens is 220 g/mol. The molecule has 1 aliphatic heterocycles. The van der Waals surface area contributed by atoms with Crippen LogP contribution in [0.5, 0.6) is 5.75 Å². The summed E-state index contributed by atoms with van der Waals surface area (Å²) in [5.41, 5.74) is -0.451. The molecule has 5 heteroatoms. The van der Waals surface area contributed by atoms with Crippen molar-refractivity contribution in [3.8, 4) is 5.75 Å². The summed E-state index contributed by atoms with van der Waals surface area (Å²) in [6.07, 6.45) is 0.436. The minimum atomic E-state index is -1.05. The first-order chi connectivity index (χ1) is 8.01. The number of carbonyl (C=O) groups is 2. The van der Waals surface area contributed by atoms with Crippen molar-refractivity contribution in [1.29, 1.82) is 0 Å². The van der Waals surface area contributed by atoms with Gasteiger partial charge in [-0.1, -0.05) is 19.1 Å². The molecule has 0 saturated carbocycles. The van der Waals surface area contributed by atoms with Crippen molar-refractivity contribution in [3.63, 3.8) is 0 Å². The molecule has 17 heavy (non-hydrogen) atoms. The quantitative estimate of drug-likeness (QED) is 0.755. The molecule has 0 radical (unpaired) electrons. The van der Waals surface area contributed by atoms with Crippen molar-refractivity contribution >= 4 is 11.9 Å². The summed E-state index contributed by atoms with van der Waals surface area (Å²) in [5.74, 6) is -0.220. The zero-order valence-electron chi connectivity index (χ0n) is 9.73. The van der Waals surface area contributed by atoms with E-state index in [4.69, 9.17) is 0 Å². The van der Waals surface area contributed by atoms with E-state index in [1.807, 2.05) is 6.92 Å². The van der Waals surface area contributed by atoms with Crippen LogP contribution in [0.1, 0.15) is 18.9 Å². The SMILES string of the molecule is CCC1(c2cccc(O)c2)NC(=O)N(C)C1=O. The fraction of sp³-hybridized carbons (Fsp3) is 0.333. The van der Waals surface area contributed by atoms with Crippen LogP contribution in [0.15, 0.2) is 24.3 Å². The van der Waals surface area contributed by atoms with Crippen LogP contribution >= 0.6 is 0 Å². The maximum absolute atomic E-state index is 12.1. The van der Waals surface area contributed by atoms with E-state index in [2.05, 4.69) is 5.32 Å². The van der Waals surface area contributed by atoms with Crippen LogP contribution in [0, 0.1) is 0 Å². The Labute approximate surface area is 99.0 Å². The Bertz CT molecular complexity index is 486. The van der Waals surface area contributed by atoms with E-state index < -0.39 is 11.6 Å². The van der Waals surface area contributed by atoms with Crippen LogP contribution in [0.3, 0.4) is 0 Å². The van der Waals surface area contributed by atoms with Crippen LogP contribution in [0.25, 0.3) is 0 Å². The molecule has 1 unspecified atom stereocenters. The maximum Gasteiger partial charge on any atom is 0.325 e. The second-order valence-corrected chi connectivity index (χ2v) is 4.10. The summed E-state index contributed by atoms with van der Waals surface area (Å²) >= 11 is 0. The molecule has 1 fully saturated rings. The number of urea groups is 1. The highest BCUT2D eigenvalue weighted by Gasteiger charge is 2.49. The average Bonchev–Trinajstić information content (AvgIpc) is 2.54. The van der Waals surface area contributed by atoms with Crippen molar-refractivity contribution in [3.05, 3.63) is 29.8 Å². The van der Waals surface area contributed by atoms with E-state index in [-0.39, 0.29) is 11.7 Å². The largest absolute Gasteiger partial charge is 0.508 e. The number of aromatic hydroxyl groups is 1. The predicted octanol–water partition coefficient (Wildman–Crippen LogP) is 1.18. The van der Waals surface area contributed by atoms with Crippen molar-refractivity contribution in [2.45, 2.75) is 18.9 Å². The van der Waals surface area contributed by atoms with E-state index in [0.29, 0.717) is 12.0 Å². The van der Waals surface area contributed by atoms with Gasteiger partial charge in [0.25, 0.3) is 5.91 Å². The molecule has 1 aliphatic rings. The van der Waals surface area contributed by atoms with Crippen LogP contribution in [-0.4, -0.2) is 29.0 Å². The summed E-state index contributed by atoms with van der Waals surface area (Å²) in [7, 11) is 1.44. The van der Waals surface area contributed by atoms with Gasteiger partial charge in [0.2, 0.25) is 0 Å². The summed E-state index contributed by atoms with van der Waals surface area (Å²) in [5, 5.41) is 12.2. The number of hydrogen-bond acceptors (Lipinski definition) is 3. The topological polar surface area (TPSA) is 69.6 Å². The highest BCUT2D eigenvalue weighted by Crippen LogP contribution is 2.33. The number of likely N-dealkylation sites (N-methyl/N-ethyl adjacent to an activating group) is 1. The van der Waals surface area contributed by atoms with Crippen molar-refractivity contribution < 1.29 is 14.7 Å². The molecule has 1 saturated heterocycles. The highest BCUT2D eigenvalue weighted by molar-refractivity contribution is 6.07. The first-order valence-corrected chi connectivity index (χ1v) is 5.41. The number of amides is 3.